The van der Waals surface area contributed by atoms with Gasteiger partial charge in [-0.3, -0.25) is 29.4 Å². The first kappa shape index (κ1) is 35.8. The maximum atomic E-state index is 13.7. The minimum absolute atomic E-state index is 0.0638. The molecule has 0 radical (unpaired) electrons. The van der Waals surface area contributed by atoms with Crippen LogP contribution < -0.4 is 21.3 Å². The SMILES string of the molecule is CN(C)c1ccc(O)c2c1C[C@H]1C[C@H]3[C@H](N(C)C)C(=O)C(C(N)=O)=C(O)[C@@]3(O)C(=O)C1=C2O.O=C1NC(=O)C(c2ccccc2)(c2ccccc2)N1. The number of fused-ring (bicyclic) bond motifs is 3. The second kappa shape index (κ2) is 13.0. The van der Waals surface area contributed by atoms with E-state index in [0.717, 1.165) is 16.8 Å². The number of likely N-dealkylation sites (N-methyl/N-ethyl adjacent to an activating group) is 1. The van der Waals surface area contributed by atoms with Crippen LogP contribution in [0.5, 0.6) is 5.75 Å². The highest BCUT2D eigenvalue weighted by Gasteiger charge is 2.64. The molecule has 0 aromatic heterocycles. The Bertz CT molecular complexity index is 2040. The number of primary amides is 1. The van der Waals surface area contributed by atoms with E-state index in [1.165, 1.54) is 11.0 Å². The molecule has 0 spiro atoms. The van der Waals surface area contributed by atoms with Gasteiger partial charge in [0.25, 0.3) is 11.8 Å². The van der Waals surface area contributed by atoms with Crippen molar-refractivity contribution in [1.29, 1.82) is 0 Å². The fraction of sp³-hybridized carbons (Fsp3) is 0.289. The number of Topliss-reactive ketones (excluding diaryl/α,β-unsaturated/α-hetero) is 2. The summed E-state index contributed by atoms with van der Waals surface area (Å²) in [6, 6.07) is 20.0. The number of hydrogen-bond donors (Lipinski definition) is 7. The summed E-state index contributed by atoms with van der Waals surface area (Å²) in [5, 5.41) is 49.0. The number of aromatic hydroxyl groups is 1. The largest absolute Gasteiger partial charge is 0.508 e. The molecule has 4 amide bonds. The average Bonchev–Trinajstić information content (AvgIpc) is 3.41. The Morgan fingerprint density at radius 3 is 1.92 bits per heavy atom. The number of carbonyl (C=O) groups excluding carboxylic acids is 5. The van der Waals surface area contributed by atoms with Crippen molar-refractivity contribution in [3.63, 3.8) is 0 Å². The number of nitrogens with one attached hydrogen (secondary N) is 2. The van der Waals surface area contributed by atoms with Gasteiger partial charge in [0.2, 0.25) is 5.78 Å². The van der Waals surface area contributed by atoms with Crippen LogP contribution >= 0.6 is 0 Å². The number of hydrogen-bond acceptors (Lipinski definition) is 11. The van der Waals surface area contributed by atoms with Crippen LogP contribution in [0.4, 0.5) is 10.5 Å². The molecule has 0 unspecified atom stereocenters. The van der Waals surface area contributed by atoms with Gasteiger partial charge in [-0.15, -0.1) is 0 Å². The summed E-state index contributed by atoms with van der Waals surface area (Å²) < 4.78 is 0. The van der Waals surface area contributed by atoms with E-state index < -0.39 is 69.6 Å². The lowest BCUT2D eigenvalue weighted by Crippen LogP contribution is -2.65. The van der Waals surface area contributed by atoms with E-state index in [2.05, 4.69) is 10.6 Å². The zero-order valence-electron chi connectivity index (χ0n) is 28.9. The summed E-state index contributed by atoms with van der Waals surface area (Å²) in [5.41, 5.74) is 3.49. The van der Waals surface area contributed by atoms with Crippen molar-refractivity contribution in [3.8, 4) is 5.75 Å². The summed E-state index contributed by atoms with van der Waals surface area (Å²) in [6.07, 6.45) is 0.324. The number of carbonyl (C=O) groups is 5. The predicted molar refractivity (Wildman–Crippen MR) is 189 cm³/mol. The van der Waals surface area contributed by atoms with Crippen molar-refractivity contribution in [2.75, 3.05) is 33.1 Å². The molecule has 1 aliphatic heterocycles. The molecule has 2 fully saturated rings. The van der Waals surface area contributed by atoms with Gasteiger partial charge < -0.3 is 36.4 Å². The molecule has 14 nitrogen and oxygen atoms in total. The topological polar surface area (TPSA) is 223 Å². The van der Waals surface area contributed by atoms with Crippen molar-refractivity contribution in [3.05, 3.63) is 112 Å². The summed E-state index contributed by atoms with van der Waals surface area (Å²) >= 11 is 0. The second-order valence-corrected chi connectivity index (χ2v) is 13.7. The Hall–Kier alpha value is -5.99. The highest BCUT2D eigenvalue weighted by atomic mass is 16.3. The summed E-state index contributed by atoms with van der Waals surface area (Å²) in [5.74, 6) is -6.89. The van der Waals surface area contributed by atoms with E-state index in [9.17, 15) is 44.4 Å². The molecule has 14 heteroatoms. The first-order chi connectivity index (χ1) is 24.6. The molecule has 7 rings (SSSR count). The molecular formula is C38H39N5O9. The summed E-state index contributed by atoms with van der Waals surface area (Å²) in [7, 11) is 6.75. The van der Waals surface area contributed by atoms with Gasteiger partial charge in [0, 0.05) is 31.3 Å². The Balaban J connectivity index is 0.000000206. The van der Waals surface area contributed by atoms with Gasteiger partial charge in [-0.1, -0.05) is 60.7 Å². The third-order valence-electron chi connectivity index (χ3n) is 10.3. The normalized spacial score (nSPS) is 24.6. The Kier molecular flexibility index (Phi) is 8.93. The van der Waals surface area contributed by atoms with Gasteiger partial charge >= 0.3 is 6.03 Å². The van der Waals surface area contributed by atoms with Crippen LogP contribution in [-0.4, -0.2) is 94.6 Å². The van der Waals surface area contributed by atoms with Crippen molar-refractivity contribution >= 4 is 40.9 Å². The maximum Gasteiger partial charge on any atom is 0.322 e. The van der Waals surface area contributed by atoms with E-state index in [1.807, 2.05) is 79.7 Å². The fourth-order valence-corrected chi connectivity index (χ4v) is 8.05. The highest BCUT2D eigenvalue weighted by molar-refractivity contribution is 6.24. The Labute approximate surface area is 298 Å². The lowest BCUT2D eigenvalue weighted by atomic mass is 9.57. The number of phenolic OH excluding ortho intramolecular Hbond substituents is 1. The van der Waals surface area contributed by atoms with Crippen LogP contribution in [0.25, 0.3) is 5.76 Å². The summed E-state index contributed by atoms with van der Waals surface area (Å²) in [4.78, 5) is 65.9. The number of aliphatic hydroxyl groups is 3. The molecule has 52 heavy (non-hydrogen) atoms. The number of phenols is 1. The number of amides is 4. The van der Waals surface area contributed by atoms with Crippen LogP contribution in [0.1, 0.15) is 28.7 Å². The van der Waals surface area contributed by atoms with Crippen molar-refractivity contribution < 1.29 is 44.4 Å². The van der Waals surface area contributed by atoms with E-state index in [4.69, 9.17) is 5.73 Å². The van der Waals surface area contributed by atoms with Crippen LogP contribution in [-0.2, 0) is 31.1 Å². The second-order valence-electron chi connectivity index (χ2n) is 13.7. The zero-order chi connectivity index (χ0) is 37.9. The van der Waals surface area contributed by atoms with Gasteiger partial charge in [-0.05, 0) is 61.7 Å². The van der Waals surface area contributed by atoms with Gasteiger partial charge in [0.15, 0.2) is 16.9 Å². The lowest BCUT2D eigenvalue weighted by Gasteiger charge is -2.50. The molecule has 1 saturated carbocycles. The molecule has 1 saturated heterocycles. The quantitative estimate of drug-likeness (QED) is 0.149. The molecule has 3 aliphatic carbocycles. The number of nitrogens with zero attached hydrogens (tertiary/aromatic N) is 2. The molecule has 8 N–H and O–H groups in total. The van der Waals surface area contributed by atoms with Crippen LogP contribution in [0.3, 0.4) is 0 Å². The lowest BCUT2D eigenvalue weighted by molar-refractivity contribution is -0.153. The number of anilines is 1. The number of urea groups is 1. The number of imide groups is 1. The van der Waals surface area contributed by atoms with Crippen molar-refractivity contribution in [1.82, 2.24) is 15.5 Å². The molecule has 4 aliphatic rings. The van der Waals surface area contributed by atoms with Crippen molar-refractivity contribution in [2.45, 2.75) is 30.0 Å². The number of ketones is 2. The standard InChI is InChI=1S/C23H27N3O7.C15H12N2O2/c1-25(2)12-5-6-13(27)15-10(12)7-9-8-11-17(26(3)4)19(29)16(22(24)32)21(31)23(11,33)20(30)14(9)18(15)28;18-13-15(17-14(19)16-13,11-7-3-1-4-8-11)12-9-5-2-6-10-12/h5-6,9,11,17,27-28,31,33H,7-8H2,1-4H3,(H2,24,32);1-10H,(H2,16,17,18,19)/t9-,11-,17-,23-;/m0./s1. The molecular weight excluding hydrogens is 670 g/mol. The molecule has 3 aromatic rings. The third-order valence-corrected chi connectivity index (χ3v) is 10.3. The highest BCUT2D eigenvalue weighted by Crippen LogP contribution is 2.53. The van der Waals surface area contributed by atoms with Crippen molar-refractivity contribution in [2.24, 2.45) is 17.6 Å². The number of nitrogens with two attached hydrogens (primary N) is 1. The van der Waals surface area contributed by atoms with Gasteiger partial charge in [-0.2, -0.15) is 0 Å². The minimum atomic E-state index is -2.63. The third kappa shape index (κ3) is 5.29. The molecule has 4 atom stereocenters. The van der Waals surface area contributed by atoms with Crippen LogP contribution in [0.2, 0.25) is 0 Å². The zero-order valence-corrected chi connectivity index (χ0v) is 28.9. The Morgan fingerprint density at radius 2 is 1.44 bits per heavy atom. The Morgan fingerprint density at radius 1 is 0.865 bits per heavy atom. The number of rotatable bonds is 5. The minimum Gasteiger partial charge on any atom is -0.508 e. The van der Waals surface area contributed by atoms with E-state index >= 15 is 0 Å². The molecule has 0 bridgehead atoms. The average molecular weight is 710 g/mol. The van der Waals surface area contributed by atoms with Gasteiger partial charge in [0.1, 0.15) is 22.8 Å². The van der Waals surface area contributed by atoms with E-state index in [-0.39, 0.29) is 35.6 Å². The van der Waals surface area contributed by atoms with E-state index in [1.54, 1.807) is 20.2 Å². The first-order valence-electron chi connectivity index (χ1n) is 16.5. The van der Waals surface area contributed by atoms with Crippen LogP contribution in [0, 0.1) is 11.8 Å². The van der Waals surface area contributed by atoms with Gasteiger partial charge in [-0.25, -0.2) is 4.79 Å². The van der Waals surface area contributed by atoms with Gasteiger partial charge in [0.05, 0.1) is 11.6 Å². The molecule has 3 aromatic carbocycles. The first-order valence-corrected chi connectivity index (χ1v) is 16.5. The summed E-state index contributed by atoms with van der Waals surface area (Å²) in [6.45, 7) is 0. The smallest absolute Gasteiger partial charge is 0.322 e. The fourth-order valence-electron chi connectivity index (χ4n) is 8.05. The maximum absolute atomic E-state index is 13.7. The van der Waals surface area contributed by atoms with Crippen LogP contribution in [0.15, 0.2) is 89.7 Å². The molecule has 270 valence electrons. The number of aliphatic hydroxyl groups excluding tert-OH is 2. The molecule has 1 heterocycles. The predicted octanol–water partition coefficient (Wildman–Crippen LogP) is 1.80. The van der Waals surface area contributed by atoms with E-state index in [0.29, 0.717) is 5.56 Å². The number of benzene rings is 3. The monoisotopic (exact) mass is 709 g/mol.